The van der Waals surface area contributed by atoms with E-state index in [1.54, 1.807) is 18.2 Å². The monoisotopic (exact) mass is 305 g/mol. The van der Waals surface area contributed by atoms with E-state index in [0.717, 1.165) is 30.6 Å². The van der Waals surface area contributed by atoms with Crippen molar-refractivity contribution in [2.24, 2.45) is 5.92 Å². The molecule has 1 aromatic rings. The lowest BCUT2D eigenvalue weighted by Gasteiger charge is -2.23. The maximum atomic E-state index is 12.2. The topological polar surface area (TPSA) is 84.9 Å². The normalized spacial score (nSPS) is 21.5. The standard InChI is InChI=1S/C16H19NO5/c18-15(12-2-1-6-21-9-12)17-14(16(19)20)11-3-4-13-10(8-11)5-7-22-13/h3-4,8,12,14H,1-2,5-7,9H2,(H,17,18)(H,19,20)/t12-,14-/m1/s1. The summed E-state index contributed by atoms with van der Waals surface area (Å²) < 4.78 is 10.7. The quantitative estimate of drug-likeness (QED) is 0.875. The van der Waals surface area contributed by atoms with Crippen LogP contribution in [0.4, 0.5) is 0 Å². The zero-order valence-corrected chi connectivity index (χ0v) is 12.2. The molecule has 3 rings (SSSR count). The number of ether oxygens (including phenoxy) is 2. The molecule has 6 nitrogen and oxygen atoms in total. The third-order valence-corrected chi connectivity index (χ3v) is 4.11. The highest BCUT2D eigenvalue weighted by molar-refractivity contribution is 5.86. The highest BCUT2D eigenvalue weighted by Crippen LogP contribution is 2.28. The Labute approximate surface area is 128 Å². The van der Waals surface area contributed by atoms with Gasteiger partial charge in [0.25, 0.3) is 0 Å². The van der Waals surface area contributed by atoms with Crippen molar-refractivity contribution in [1.82, 2.24) is 5.32 Å². The van der Waals surface area contributed by atoms with Gasteiger partial charge in [-0.25, -0.2) is 4.79 Å². The van der Waals surface area contributed by atoms with E-state index in [-0.39, 0.29) is 11.8 Å². The molecular weight excluding hydrogens is 286 g/mol. The SMILES string of the molecule is O=C(N[C@@H](C(=O)O)c1ccc2c(c1)CCO2)[C@@H]1CCCOC1. The van der Waals surface area contributed by atoms with E-state index in [4.69, 9.17) is 9.47 Å². The van der Waals surface area contributed by atoms with Crippen molar-refractivity contribution in [3.05, 3.63) is 29.3 Å². The fraction of sp³-hybridized carbons (Fsp3) is 0.500. The van der Waals surface area contributed by atoms with Crippen molar-refractivity contribution in [3.8, 4) is 5.75 Å². The van der Waals surface area contributed by atoms with E-state index in [0.29, 0.717) is 25.4 Å². The Morgan fingerprint density at radius 2 is 2.18 bits per heavy atom. The van der Waals surface area contributed by atoms with Gasteiger partial charge in [-0.2, -0.15) is 0 Å². The first-order valence-corrected chi connectivity index (χ1v) is 7.51. The molecule has 118 valence electrons. The molecule has 2 aliphatic heterocycles. The Bertz CT molecular complexity index is 580. The average Bonchev–Trinajstić information content (AvgIpc) is 3.00. The second-order valence-electron chi connectivity index (χ2n) is 5.66. The number of nitrogens with one attached hydrogen (secondary N) is 1. The van der Waals surface area contributed by atoms with Crippen LogP contribution in [0.3, 0.4) is 0 Å². The summed E-state index contributed by atoms with van der Waals surface area (Å²) in [6, 6.07) is 4.23. The molecule has 0 spiro atoms. The maximum Gasteiger partial charge on any atom is 0.330 e. The Kier molecular flexibility index (Phi) is 4.29. The molecule has 6 heteroatoms. The van der Waals surface area contributed by atoms with Gasteiger partial charge in [-0.3, -0.25) is 4.79 Å². The summed E-state index contributed by atoms with van der Waals surface area (Å²) in [5, 5.41) is 12.1. The summed E-state index contributed by atoms with van der Waals surface area (Å²) in [6.07, 6.45) is 2.32. The van der Waals surface area contributed by atoms with Crippen molar-refractivity contribution in [2.75, 3.05) is 19.8 Å². The molecule has 0 radical (unpaired) electrons. The van der Waals surface area contributed by atoms with Crippen molar-refractivity contribution in [1.29, 1.82) is 0 Å². The van der Waals surface area contributed by atoms with Crippen LogP contribution in [0.5, 0.6) is 5.75 Å². The zero-order valence-electron chi connectivity index (χ0n) is 12.2. The number of carboxylic acid groups (broad SMARTS) is 1. The molecule has 1 saturated heterocycles. The summed E-state index contributed by atoms with van der Waals surface area (Å²) in [6.45, 7) is 1.63. The minimum absolute atomic E-state index is 0.260. The lowest BCUT2D eigenvalue weighted by Crippen LogP contribution is -2.40. The van der Waals surface area contributed by atoms with Crippen LogP contribution in [0.2, 0.25) is 0 Å². The summed E-state index contributed by atoms with van der Waals surface area (Å²) in [5.74, 6) is -0.805. The molecule has 2 aliphatic rings. The zero-order chi connectivity index (χ0) is 15.5. The Hall–Kier alpha value is -2.08. The smallest absolute Gasteiger partial charge is 0.330 e. The van der Waals surface area contributed by atoms with Gasteiger partial charge < -0.3 is 19.9 Å². The van der Waals surface area contributed by atoms with Crippen LogP contribution in [0.15, 0.2) is 18.2 Å². The molecule has 2 atom stereocenters. The molecule has 0 unspecified atom stereocenters. The fourth-order valence-corrected chi connectivity index (χ4v) is 2.88. The highest BCUT2D eigenvalue weighted by Gasteiger charge is 2.28. The first-order valence-electron chi connectivity index (χ1n) is 7.51. The van der Waals surface area contributed by atoms with Gasteiger partial charge in [-0.05, 0) is 36.1 Å². The molecule has 1 amide bonds. The second-order valence-corrected chi connectivity index (χ2v) is 5.66. The lowest BCUT2D eigenvalue weighted by molar-refractivity contribution is -0.143. The number of carbonyl (C=O) groups is 2. The van der Waals surface area contributed by atoms with Gasteiger partial charge in [0.15, 0.2) is 6.04 Å². The van der Waals surface area contributed by atoms with Gasteiger partial charge in [0.05, 0.1) is 19.1 Å². The third-order valence-electron chi connectivity index (χ3n) is 4.11. The van der Waals surface area contributed by atoms with Crippen LogP contribution < -0.4 is 10.1 Å². The van der Waals surface area contributed by atoms with Crippen LogP contribution in [0, 0.1) is 5.92 Å². The van der Waals surface area contributed by atoms with E-state index < -0.39 is 12.0 Å². The summed E-state index contributed by atoms with van der Waals surface area (Å²) in [5.41, 5.74) is 1.56. The number of carboxylic acids is 1. The Morgan fingerprint density at radius 1 is 1.32 bits per heavy atom. The molecule has 22 heavy (non-hydrogen) atoms. The van der Waals surface area contributed by atoms with Gasteiger partial charge in [0.2, 0.25) is 5.91 Å². The van der Waals surface area contributed by atoms with Gasteiger partial charge >= 0.3 is 5.97 Å². The fourth-order valence-electron chi connectivity index (χ4n) is 2.88. The predicted molar refractivity (Wildman–Crippen MR) is 77.7 cm³/mol. The molecule has 2 heterocycles. The van der Waals surface area contributed by atoms with Crippen molar-refractivity contribution < 1.29 is 24.2 Å². The van der Waals surface area contributed by atoms with Crippen LogP contribution in [0.1, 0.15) is 30.0 Å². The molecule has 1 aromatic carbocycles. The minimum Gasteiger partial charge on any atom is -0.493 e. The molecule has 0 saturated carbocycles. The molecule has 0 bridgehead atoms. The molecule has 0 aliphatic carbocycles. The van der Waals surface area contributed by atoms with Gasteiger partial charge in [0.1, 0.15) is 5.75 Å². The van der Waals surface area contributed by atoms with Gasteiger partial charge in [-0.15, -0.1) is 0 Å². The molecule has 1 fully saturated rings. The van der Waals surface area contributed by atoms with E-state index in [1.807, 2.05) is 0 Å². The third kappa shape index (κ3) is 3.06. The number of amides is 1. The predicted octanol–water partition coefficient (Wildman–Crippen LogP) is 1.29. The summed E-state index contributed by atoms with van der Waals surface area (Å²) in [4.78, 5) is 23.8. The lowest BCUT2D eigenvalue weighted by atomic mass is 9.98. The number of benzene rings is 1. The van der Waals surface area contributed by atoms with Crippen molar-refractivity contribution in [2.45, 2.75) is 25.3 Å². The number of fused-ring (bicyclic) bond motifs is 1. The number of hydrogen-bond acceptors (Lipinski definition) is 4. The highest BCUT2D eigenvalue weighted by atomic mass is 16.5. The number of aliphatic carboxylic acids is 1. The number of hydrogen-bond donors (Lipinski definition) is 2. The Morgan fingerprint density at radius 3 is 2.91 bits per heavy atom. The van der Waals surface area contributed by atoms with Crippen LogP contribution in [-0.2, 0) is 20.7 Å². The van der Waals surface area contributed by atoms with E-state index in [9.17, 15) is 14.7 Å². The van der Waals surface area contributed by atoms with Gasteiger partial charge in [0, 0.05) is 13.0 Å². The molecule has 2 N–H and O–H groups in total. The largest absolute Gasteiger partial charge is 0.493 e. The van der Waals surface area contributed by atoms with Crippen LogP contribution >= 0.6 is 0 Å². The summed E-state index contributed by atoms with van der Waals surface area (Å²) >= 11 is 0. The second kappa shape index (κ2) is 6.36. The van der Waals surface area contributed by atoms with Crippen molar-refractivity contribution >= 4 is 11.9 Å². The van der Waals surface area contributed by atoms with Crippen LogP contribution in [0.25, 0.3) is 0 Å². The first-order chi connectivity index (χ1) is 10.6. The van der Waals surface area contributed by atoms with E-state index in [2.05, 4.69) is 5.32 Å². The van der Waals surface area contributed by atoms with E-state index >= 15 is 0 Å². The Balaban J connectivity index is 1.75. The van der Waals surface area contributed by atoms with Gasteiger partial charge in [-0.1, -0.05) is 6.07 Å². The summed E-state index contributed by atoms with van der Waals surface area (Å²) in [7, 11) is 0. The average molecular weight is 305 g/mol. The maximum absolute atomic E-state index is 12.2. The van der Waals surface area contributed by atoms with E-state index in [1.165, 1.54) is 0 Å². The number of carbonyl (C=O) groups excluding carboxylic acids is 1. The minimum atomic E-state index is -1.07. The molecular formula is C16H19NO5. The number of rotatable bonds is 4. The van der Waals surface area contributed by atoms with Crippen molar-refractivity contribution in [3.63, 3.8) is 0 Å². The molecule has 0 aromatic heterocycles. The first kappa shape index (κ1) is 14.8. The van der Waals surface area contributed by atoms with Crippen LogP contribution in [-0.4, -0.2) is 36.8 Å².